The number of fused-ring (bicyclic) bond motifs is 2. The molecule has 0 bridgehead atoms. The average molecular weight is 218 g/mol. The Morgan fingerprint density at radius 2 is 1.81 bits per heavy atom. The lowest BCUT2D eigenvalue weighted by Crippen LogP contribution is -2.36. The number of hydrogen-bond donors (Lipinski definition) is 0. The molecule has 16 heavy (non-hydrogen) atoms. The molecule has 2 nitrogen and oxygen atoms in total. The van der Waals surface area contributed by atoms with Crippen LogP contribution in [0.4, 0.5) is 0 Å². The molecule has 3 unspecified atom stereocenters. The molecule has 0 amide bonds. The maximum atomic E-state index is 11.9. The summed E-state index contributed by atoms with van der Waals surface area (Å²) in [5.41, 5.74) is 1.28. The SMILES string of the molecule is O=C1CCCC2=CC3C(=O)CCCC3CC12. The number of rotatable bonds is 0. The fraction of sp³-hybridized carbons (Fsp3) is 0.714. The summed E-state index contributed by atoms with van der Waals surface area (Å²) in [4.78, 5) is 23.7. The first-order valence-electron chi connectivity index (χ1n) is 6.52. The smallest absolute Gasteiger partial charge is 0.140 e. The van der Waals surface area contributed by atoms with E-state index in [1.54, 1.807) is 0 Å². The van der Waals surface area contributed by atoms with Gasteiger partial charge in [0.2, 0.25) is 0 Å². The van der Waals surface area contributed by atoms with Crippen LogP contribution in [-0.4, -0.2) is 11.6 Å². The summed E-state index contributed by atoms with van der Waals surface area (Å²) in [5.74, 6) is 1.65. The summed E-state index contributed by atoms with van der Waals surface area (Å²) in [7, 11) is 0. The van der Waals surface area contributed by atoms with Gasteiger partial charge < -0.3 is 0 Å². The summed E-state index contributed by atoms with van der Waals surface area (Å²) in [6, 6.07) is 0. The van der Waals surface area contributed by atoms with Gasteiger partial charge in [0.1, 0.15) is 11.6 Å². The zero-order valence-corrected chi connectivity index (χ0v) is 9.58. The van der Waals surface area contributed by atoms with E-state index in [1.165, 1.54) is 5.57 Å². The second-order valence-corrected chi connectivity index (χ2v) is 5.49. The van der Waals surface area contributed by atoms with Crippen LogP contribution in [0, 0.1) is 17.8 Å². The van der Waals surface area contributed by atoms with Crippen molar-refractivity contribution in [3.05, 3.63) is 11.6 Å². The summed E-state index contributed by atoms with van der Waals surface area (Å²) >= 11 is 0. The topological polar surface area (TPSA) is 34.1 Å². The lowest BCUT2D eigenvalue weighted by Gasteiger charge is -2.38. The molecule has 2 fully saturated rings. The quantitative estimate of drug-likeness (QED) is 0.586. The van der Waals surface area contributed by atoms with E-state index in [0.717, 1.165) is 44.9 Å². The molecule has 0 heterocycles. The fourth-order valence-electron chi connectivity index (χ4n) is 3.68. The van der Waals surface area contributed by atoms with Crippen molar-refractivity contribution in [3.63, 3.8) is 0 Å². The van der Waals surface area contributed by atoms with Gasteiger partial charge in [-0.15, -0.1) is 0 Å². The molecule has 0 aromatic rings. The number of hydrogen-bond acceptors (Lipinski definition) is 2. The maximum Gasteiger partial charge on any atom is 0.140 e. The van der Waals surface area contributed by atoms with E-state index in [-0.39, 0.29) is 11.8 Å². The van der Waals surface area contributed by atoms with Crippen LogP contribution >= 0.6 is 0 Å². The summed E-state index contributed by atoms with van der Waals surface area (Å²) in [5, 5.41) is 0. The number of carbonyl (C=O) groups excluding carboxylic acids is 2. The number of allylic oxidation sites excluding steroid dienone is 2. The molecule has 86 valence electrons. The van der Waals surface area contributed by atoms with Crippen molar-refractivity contribution in [1.82, 2.24) is 0 Å². The lowest BCUT2D eigenvalue weighted by molar-refractivity contribution is -0.128. The van der Waals surface area contributed by atoms with E-state index in [4.69, 9.17) is 0 Å². The van der Waals surface area contributed by atoms with Gasteiger partial charge in [0.25, 0.3) is 0 Å². The third-order valence-electron chi connectivity index (χ3n) is 4.53. The number of ketones is 2. The Labute approximate surface area is 96.1 Å². The van der Waals surface area contributed by atoms with E-state index >= 15 is 0 Å². The van der Waals surface area contributed by atoms with Gasteiger partial charge in [0, 0.05) is 24.7 Å². The van der Waals surface area contributed by atoms with E-state index in [0.29, 0.717) is 17.5 Å². The molecule has 3 rings (SSSR count). The van der Waals surface area contributed by atoms with Gasteiger partial charge in [-0.3, -0.25) is 9.59 Å². The highest BCUT2D eigenvalue weighted by Gasteiger charge is 2.40. The van der Waals surface area contributed by atoms with Crippen LogP contribution in [0.25, 0.3) is 0 Å². The van der Waals surface area contributed by atoms with Crippen molar-refractivity contribution in [2.45, 2.75) is 44.9 Å². The van der Waals surface area contributed by atoms with Crippen LogP contribution in [0.2, 0.25) is 0 Å². The van der Waals surface area contributed by atoms with Gasteiger partial charge in [-0.25, -0.2) is 0 Å². The highest BCUT2D eigenvalue weighted by Crippen LogP contribution is 2.43. The first-order valence-corrected chi connectivity index (χ1v) is 6.52. The van der Waals surface area contributed by atoms with Crippen molar-refractivity contribution in [2.75, 3.05) is 0 Å². The van der Waals surface area contributed by atoms with Crippen molar-refractivity contribution in [2.24, 2.45) is 17.8 Å². The Balaban J connectivity index is 1.91. The second-order valence-electron chi connectivity index (χ2n) is 5.49. The van der Waals surface area contributed by atoms with Crippen molar-refractivity contribution in [1.29, 1.82) is 0 Å². The monoisotopic (exact) mass is 218 g/mol. The van der Waals surface area contributed by atoms with Crippen molar-refractivity contribution in [3.8, 4) is 0 Å². The van der Waals surface area contributed by atoms with Crippen molar-refractivity contribution < 1.29 is 9.59 Å². The summed E-state index contributed by atoms with van der Waals surface area (Å²) in [6.45, 7) is 0. The molecule has 0 N–H and O–H groups in total. The minimum Gasteiger partial charge on any atom is -0.299 e. The molecular formula is C14H18O2. The average Bonchev–Trinajstić information content (AvgIpc) is 2.29. The zero-order chi connectivity index (χ0) is 11.1. The summed E-state index contributed by atoms with van der Waals surface area (Å²) in [6.07, 6.45) is 8.85. The summed E-state index contributed by atoms with van der Waals surface area (Å²) < 4.78 is 0. The molecular weight excluding hydrogens is 200 g/mol. The minimum absolute atomic E-state index is 0.158. The molecule has 0 radical (unpaired) electrons. The van der Waals surface area contributed by atoms with E-state index in [2.05, 4.69) is 6.08 Å². The van der Waals surface area contributed by atoms with Crippen molar-refractivity contribution >= 4 is 11.6 Å². The van der Waals surface area contributed by atoms with Gasteiger partial charge in [-0.2, -0.15) is 0 Å². The predicted molar refractivity (Wildman–Crippen MR) is 60.9 cm³/mol. The third-order valence-corrected chi connectivity index (χ3v) is 4.53. The fourth-order valence-corrected chi connectivity index (χ4v) is 3.68. The predicted octanol–water partition coefficient (Wildman–Crippen LogP) is 2.67. The molecule has 0 aromatic heterocycles. The molecule has 0 spiro atoms. The Hall–Kier alpha value is -0.920. The Morgan fingerprint density at radius 1 is 1.00 bits per heavy atom. The molecule has 3 atom stereocenters. The zero-order valence-electron chi connectivity index (χ0n) is 9.58. The minimum atomic E-state index is 0.158. The van der Waals surface area contributed by atoms with Gasteiger partial charge in [-0.1, -0.05) is 11.6 Å². The Bertz CT molecular complexity index is 367. The largest absolute Gasteiger partial charge is 0.299 e. The van der Waals surface area contributed by atoms with Gasteiger partial charge in [0.05, 0.1) is 0 Å². The Kier molecular flexibility index (Phi) is 2.45. The molecule has 2 heteroatoms. The molecule has 0 saturated heterocycles. The molecule has 0 aliphatic heterocycles. The number of carbonyl (C=O) groups is 2. The second kappa shape index (κ2) is 3.83. The first kappa shape index (κ1) is 10.2. The molecule has 2 saturated carbocycles. The highest BCUT2D eigenvalue weighted by atomic mass is 16.1. The molecule has 3 aliphatic carbocycles. The van der Waals surface area contributed by atoms with E-state index in [1.807, 2.05) is 0 Å². The van der Waals surface area contributed by atoms with Crippen LogP contribution in [0.15, 0.2) is 11.6 Å². The van der Waals surface area contributed by atoms with E-state index in [9.17, 15) is 9.59 Å². The highest BCUT2D eigenvalue weighted by molar-refractivity contribution is 5.88. The third kappa shape index (κ3) is 1.55. The molecule has 3 aliphatic rings. The van der Waals surface area contributed by atoms with E-state index < -0.39 is 0 Å². The Morgan fingerprint density at radius 3 is 2.69 bits per heavy atom. The maximum absolute atomic E-state index is 11.9. The van der Waals surface area contributed by atoms with Gasteiger partial charge in [0.15, 0.2) is 0 Å². The van der Waals surface area contributed by atoms with Gasteiger partial charge >= 0.3 is 0 Å². The van der Waals surface area contributed by atoms with Crippen LogP contribution in [0.3, 0.4) is 0 Å². The molecule has 0 aromatic carbocycles. The van der Waals surface area contributed by atoms with Crippen LogP contribution in [0.5, 0.6) is 0 Å². The van der Waals surface area contributed by atoms with Crippen LogP contribution in [0.1, 0.15) is 44.9 Å². The van der Waals surface area contributed by atoms with Crippen LogP contribution < -0.4 is 0 Å². The number of Topliss-reactive ketones (excluding diaryl/α,β-unsaturated/α-hetero) is 2. The first-order chi connectivity index (χ1) is 7.75. The lowest BCUT2D eigenvalue weighted by atomic mass is 9.64. The normalized spacial score (nSPS) is 38.8. The van der Waals surface area contributed by atoms with Gasteiger partial charge in [-0.05, 0) is 38.0 Å². The van der Waals surface area contributed by atoms with Crippen LogP contribution in [-0.2, 0) is 9.59 Å². The standard InChI is InChI=1S/C14H18O2/c15-13-5-1-3-9-7-12-10(8-11(9)13)4-2-6-14(12)16/h7,10-12H,1-6,8H2.